The van der Waals surface area contributed by atoms with Crippen LogP contribution >= 0.6 is 0 Å². The zero-order chi connectivity index (χ0) is 22.5. The number of aliphatic hydroxyl groups excluding tert-OH is 3. The molecule has 1 amide bonds. The quantitative estimate of drug-likeness (QED) is 0.126. The molecule has 5 N–H and O–H groups in total. The number of rotatable bonds is 21. The highest BCUT2D eigenvalue weighted by Gasteiger charge is 2.29. The van der Waals surface area contributed by atoms with Crippen LogP contribution in [0, 0.1) is 5.41 Å². The first-order valence-electron chi connectivity index (χ1n) is 11.4. The molecule has 7 nitrogen and oxygen atoms in total. The first-order valence-corrected chi connectivity index (χ1v) is 11.4. The normalized spacial score (nSPS) is 11.8. The van der Waals surface area contributed by atoms with Crippen molar-refractivity contribution in [1.82, 2.24) is 0 Å². The van der Waals surface area contributed by atoms with Gasteiger partial charge in [-0.1, -0.05) is 50.7 Å². The highest BCUT2D eigenvalue weighted by atomic mass is 16.5. The van der Waals surface area contributed by atoms with E-state index in [4.69, 9.17) is 10.5 Å². The second-order valence-electron chi connectivity index (χ2n) is 8.19. The van der Waals surface area contributed by atoms with Crippen LogP contribution in [0.2, 0.25) is 0 Å². The molecule has 176 valence electrons. The van der Waals surface area contributed by atoms with Crippen molar-refractivity contribution in [3.05, 3.63) is 12.2 Å². The maximum Gasteiger partial charge on any atom is 0.305 e. The molecule has 0 saturated carbocycles. The molecule has 0 aliphatic rings. The van der Waals surface area contributed by atoms with Gasteiger partial charge in [0, 0.05) is 12.8 Å². The van der Waals surface area contributed by atoms with Gasteiger partial charge in [0.15, 0.2) is 0 Å². The van der Waals surface area contributed by atoms with Gasteiger partial charge in [-0.3, -0.25) is 9.59 Å². The van der Waals surface area contributed by atoms with Crippen LogP contribution in [-0.4, -0.2) is 53.6 Å². The van der Waals surface area contributed by atoms with E-state index in [0.29, 0.717) is 12.8 Å². The number of unbranched alkanes of at least 4 members (excludes halogenated alkanes) is 10. The molecule has 7 heteroatoms. The molecule has 0 rings (SSSR count). The number of nitrogens with two attached hydrogens (primary N) is 1. The Morgan fingerprint density at radius 2 is 1.13 bits per heavy atom. The second kappa shape index (κ2) is 19.5. The molecular formula is C23H43NO6. The molecule has 30 heavy (non-hydrogen) atoms. The Bertz CT molecular complexity index is 454. The summed E-state index contributed by atoms with van der Waals surface area (Å²) in [6.45, 7) is -1.46. The third kappa shape index (κ3) is 16.4. The smallest absolute Gasteiger partial charge is 0.305 e. The fraction of sp³-hybridized carbons (Fsp3) is 0.826. The average molecular weight is 430 g/mol. The Labute approximate surface area is 181 Å². The number of esters is 1. The van der Waals surface area contributed by atoms with E-state index in [-0.39, 0.29) is 18.5 Å². The third-order valence-electron chi connectivity index (χ3n) is 5.26. The predicted molar refractivity (Wildman–Crippen MR) is 118 cm³/mol. The number of amides is 1. The summed E-state index contributed by atoms with van der Waals surface area (Å²) in [5, 5.41) is 27.6. The third-order valence-corrected chi connectivity index (χ3v) is 5.26. The lowest BCUT2D eigenvalue weighted by Gasteiger charge is -2.26. The van der Waals surface area contributed by atoms with Crippen molar-refractivity contribution in [2.45, 2.75) is 89.9 Å². The molecular weight excluding hydrogens is 386 g/mol. The minimum Gasteiger partial charge on any atom is -0.465 e. The first-order chi connectivity index (χ1) is 14.5. The molecule has 0 heterocycles. The summed E-state index contributed by atoms with van der Waals surface area (Å²) in [7, 11) is 0. The monoisotopic (exact) mass is 429 g/mol. The summed E-state index contributed by atoms with van der Waals surface area (Å²) >= 11 is 0. The Morgan fingerprint density at radius 1 is 0.700 bits per heavy atom. The Hall–Kier alpha value is -1.44. The Kier molecular flexibility index (Phi) is 18.6. The van der Waals surface area contributed by atoms with Gasteiger partial charge in [0.1, 0.15) is 6.61 Å². The number of hydrogen-bond acceptors (Lipinski definition) is 6. The molecule has 0 bridgehead atoms. The molecule has 0 spiro atoms. The van der Waals surface area contributed by atoms with Crippen LogP contribution in [0.25, 0.3) is 0 Å². The molecule has 0 radical (unpaired) electrons. The van der Waals surface area contributed by atoms with E-state index < -0.39 is 25.2 Å². The van der Waals surface area contributed by atoms with E-state index in [1.54, 1.807) is 0 Å². The van der Waals surface area contributed by atoms with Crippen LogP contribution in [0.4, 0.5) is 0 Å². The standard InChI is InChI=1S/C23H43NO6/c24-21(28)15-13-11-9-7-5-3-1-2-4-6-8-10-12-14-16-22(29)30-20-23(17-25,18-26)19-27/h1-2,25-27H,3-20H2,(H2,24,28)/b2-1-. The van der Waals surface area contributed by atoms with Crippen molar-refractivity contribution in [1.29, 1.82) is 0 Å². The van der Waals surface area contributed by atoms with Crippen LogP contribution in [0.5, 0.6) is 0 Å². The van der Waals surface area contributed by atoms with Crippen molar-refractivity contribution in [2.24, 2.45) is 11.1 Å². The van der Waals surface area contributed by atoms with Gasteiger partial charge >= 0.3 is 5.97 Å². The van der Waals surface area contributed by atoms with Gasteiger partial charge in [-0.15, -0.1) is 0 Å². The number of hydrogen-bond donors (Lipinski definition) is 4. The molecule has 0 aromatic carbocycles. The van der Waals surface area contributed by atoms with Gasteiger partial charge in [0.05, 0.1) is 25.2 Å². The maximum atomic E-state index is 11.7. The lowest BCUT2D eigenvalue weighted by atomic mass is 9.93. The molecule has 0 aliphatic carbocycles. The molecule has 0 atom stereocenters. The number of aliphatic hydroxyl groups is 3. The number of carbonyl (C=O) groups excluding carboxylic acids is 2. The van der Waals surface area contributed by atoms with Gasteiger partial charge in [0.2, 0.25) is 5.91 Å². The van der Waals surface area contributed by atoms with Crippen LogP contribution in [-0.2, 0) is 14.3 Å². The van der Waals surface area contributed by atoms with Gasteiger partial charge in [-0.25, -0.2) is 0 Å². The summed E-state index contributed by atoms with van der Waals surface area (Å²) in [6, 6.07) is 0. The topological polar surface area (TPSA) is 130 Å². The van der Waals surface area contributed by atoms with Gasteiger partial charge < -0.3 is 25.8 Å². The van der Waals surface area contributed by atoms with E-state index in [1.165, 1.54) is 19.3 Å². The molecule has 0 aromatic heterocycles. The van der Waals surface area contributed by atoms with Gasteiger partial charge in [-0.05, 0) is 38.5 Å². The van der Waals surface area contributed by atoms with E-state index >= 15 is 0 Å². The van der Waals surface area contributed by atoms with E-state index in [1.807, 2.05) is 0 Å². The summed E-state index contributed by atoms with van der Waals surface area (Å²) in [5.41, 5.74) is 3.95. The predicted octanol–water partition coefficient (Wildman–Crippen LogP) is 3.00. The number of primary amides is 1. The van der Waals surface area contributed by atoms with Crippen LogP contribution in [0.1, 0.15) is 89.9 Å². The largest absolute Gasteiger partial charge is 0.465 e. The summed E-state index contributed by atoms with van der Waals surface area (Å²) in [6.07, 6.45) is 18.2. The highest BCUT2D eigenvalue weighted by Crippen LogP contribution is 2.16. The number of ether oxygens (including phenoxy) is 1. The van der Waals surface area contributed by atoms with E-state index in [9.17, 15) is 24.9 Å². The highest BCUT2D eigenvalue weighted by molar-refractivity contribution is 5.73. The minimum absolute atomic E-state index is 0.170. The summed E-state index contributed by atoms with van der Waals surface area (Å²) in [4.78, 5) is 22.3. The molecule has 0 aromatic rings. The average Bonchev–Trinajstić information content (AvgIpc) is 2.74. The molecule has 0 unspecified atom stereocenters. The van der Waals surface area contributed by atoms with Crippen LogP contribution < -0.4 is 5.73 Å². The molecule has 0 aliphatic heterocycles. The summed E-state index contributed by atoms with van der Waals surface area (Å²) < 4.78 is 5.06. The van der Waals surface area contributed by atoms with Crippen molar-refractivity contribution in [3.8, 4) is 0 Å². The van der Waals surface area contributed by atoms with Crippen molar-refractivity contribution in [2.75, 3.05) is 26.4 Å². The minimum atomic E-state index is -1.16. The maximum absolute atomic E-state index is 11.7. The fourth-order valence-electron chi connectivity index (χ4n) is 2.98. The van der Waals surface area contributed by atoms with Gasteiger partial charge in [-0.2, -0.15) is 0 Å². The molecule has 0 saturated heterocycles. The number of carbonyl (C=O) groups is 2. The van der Waals surface area contributed by atoms with E-state index in [2.05, 4.69) is 12.2 Å². The lowest BCUT2D eigenvalue weighted by molar-refractivity contribution is -0.151. The number of allylic oxidation sites excluding steroid dienone is 2. The fourth-order valence-corrected chi connectivity index (χ4v) is 2.98. The molecule has 0 fully saturated rings. The lowest BCUT2D eigenvalue weighted by Crippen LogP contribution is -2.39. The van der Waals surface area contributed by atoms with E-state index in [0.717, 1.165) is 57.8 Å². The first kappa shape index (κ1) is 28.6. The van der Waals surface area contributed by atoms with Gasteiger partial charge in [0.25, 0.3) is 0 Å². The van der Waals surface area contributed by atoms with Crippen LogP contribution in [0.15, 0.2) is 12.2 Å². The van der Waals surface area contributed by atoms with Crippen molar-refractivity contribution >= 4 is 11.9 Å². The Balaban J connectivity index is 3.44. The summed E-state index contributed by atoms with van der Waals surface area (Å²) in [5.74, 6) is -0.561. The zero-order valence-corrected chi connectivity index (χ0v) is 18.5. The Morgan fingerprint density at radius 3 is 1.60 bits per heavy atom. The SMILES string of the molecule is NC(=O)CCCCCCC/C=C\CCCCCCCC(=O)OCC(CO)(CO)CO. The van der Waals surface area contributed by atoms with Crippen molar-refractivity contribution in [3.63, 3.8) is 0 Å². The zero-order valence-electron chi connectivity index (χ0n) is 18.5. The van der Waals surface area contributed by atoms with Crippen LogP contribution in [0.3, 0.4) is 0 Å². The second-order valence-corrected chi connectivity index (χ2v) is 8.19. The van der Waals surface area contributed by atoms with Crippen molar-refractivity contribution < 1.29 is 29.6 Å².